The van der Waals surface area contributed by atoms with E-state index in [1.165, 1.54) is 19.2 Å². The van der Waals surface area contributed by atoms with E-state index in [1.54, 1.807) is 29.2 Å². The minimum Gasteiger partial charge on any atom is -0.497 e. The number of nitrogens with zero attached hydrogens (tertiary/aromatic N) is 1. The Bertz CT molecular complexity index is 887. The highest BCUT2D eigenvalue weighted by Gasteiger charge is 2.32. The van der Waals surface area contributed by atoms with E-state index in [0.717, 1.165) is 12.1 Å². The van der Waals surface area contributed by atoms with Crippen molar-refractivity contribution in [2.24, 2.45) is 0 Å². The van der Waals surface area contributed by atoms with Gasteiger partial charge in [0.15, 0.2) is 0 Å². The second-order valence-corrected chi connectivity index (χ2v) is 6.28. The van der Waals surface area contributed by atoms with Crippen molar-refractivity contribution >= 4 is 23.3 Å². The summed E-state index contributed by atoms with van der Waals surface area (Å²) in [5.41, 5.74) is 0.949. The Morgan fingerprint density at radius 2 is 1.86 bits per heavy atom. The van der Waals surface area contributed by atoms with E-state index < -0.39 is 24.2 Å². The van der Waals surface area contributed by atoms with Gasteiger partial charge in [-0.05, 0) is 36.4 Å². The molecular weight excluding hydrogens is 391 g/mol. The van der Waals surface area contributed by atoms with Gasteiger partial charge in [-0.3, -0.25) is 4.79 Å². The van der Waals surface area contributed by atoms with E-state index in [9.17, 15) is 22.8 Å². The third-order valence-electron chi connectivity index (χ3n) is 4.17. The number of hydrogen-bond acceptors (Lipinski definition) is 4. The summed E-state index contributed by atoms with van der Waals surface area (Å²) in [6.45, 7) is 0.289. The van der Waals surface area contributed by atoms with E-state index in [4.69, 9.17) is 4.74 Å². The first-order chi connectivity index (χ1) is 13.7. The molecule has 1 saturated heterocycles. The predicted octanol–water partition coefficient (Wildman–Crippen LogP) is 3.52. The number of carbonyl (C=O) groups excluding carboxylic acids is 2. The Labute approximate surface area is 164 Å². The number of halogens is 3. The number of anilines is 2. The van der Waals surface area contributed by atoms with Crippen molar-refractivity contribution in [2.45, 2.75) is 18.8 Å². The van der Waals surface area contributed by atoms with E-state index >= 15 is 0 Å². The Morgan fingerprint density at radius 1 is 1.14 bits per heavy atom. The van der Waals surface area contributed by atoms with Crippen molar-refractivity contribution in [3.05, 3.63) is 48.5 Å². The average Bonchev–Trinajstić information content (AvgIpc) is 3.02. The van der Waals surface area contributed by atoms with Gasteiger partial charge in [-0.25, -0.2) is 4.79 Å². The third-order valence-corrected chi connectivity index (χ3v) is 4.17. The van der Waals surface area contributed by atoms with E-state index in [0.29, 0.717) is 11.4 Å². The largest absolute Gasteiger partial charge is 0.573 e. The zero-order chi connectivity index (χ0) is 21.0. The van der Waals surface area contributed by atoms with Gasteiger partial charge in [-0.15, -0.1) is 13.2 Å². The number of nitrogens with one attached hydrogen (secondary N) is 2. The summed E-state index contributed by atoms with van der Waals surface area (Å²) in [6.07, 6.45) is -4.65. The van der Waals surface area contributed by atoms with Gasteiger partial charge in [-0.2, -0.15) is 0 Å². The fourth-order valence-electron chi connectivity index (χ4n) is 2.92. The van der Waals surface area contributed by atoms with Crippen LogP contribution in [0.25, 0.3) is 0 Å². The Hall–Kier alpha value is -3.43. The van der Waals surface area contributed by atoms with E-state index in [1.807, 2.05) is 0 Å². The lowest BCUT2D eigenvalue weighted by molar-refractivity contribution is -0.274. The third kappa shape index (κ3) is 5.53. The van der Waals surface area contributed by atoms with Gasteiger partial charge in [0, 0.05) is 30.4 Å². The highest BCUT2D eigenvalue weighted by atomic mass is 19.4. The monoisotopic (exact) mass is 409 g/mol. The highest BCUT2D eigenvalue weighted by molar-refractivity contribution is 5.97. The molecule has 2 N–H and O–H groups in total. The molecule has 1 fully saturated rings. The molecule has 0 spiro atoms. The molecule has 10 heteroatoms. The molecule has 0 aromatic heterocycles. The van der Waals surface area contributed by atoms with Crippen LogP contribution in [-0.2, 0) is 4.79 Å². The molecule has 1 aliphatic rings. The van der Waals surface area contributed by atoms with Crippen LogP contribution in [0, 0.1) is 0 Å². The van der Waals surface area contributed by atoms with Crippen molar-refractivity contribution in [3.63, 3.8) is 0 Å². The number of rotatable bonds is 5. The first-order valence-electron chi connectivity index (χ1n) is 8.61. The minimum absolute atomic E-state index is 0.128. The smallest absolute Gasteiger partial charge is 0.497 e. The van der Waals surface area contributed by atoms with Gasteiger partial charge in [0.2, 0.25) is 5.91 Å². The number of methoxy groups -OCH3 is 1. The van der Waals surface area contributed by atoms with Crippen LogP contribution in [0.1, 0.15) is 6.42 Å². The van der Waals surface area contributed by atoms with Crippen LogP contribution in [0.3, 0.4) is 0 Å². The van der Waals surface area contributed by atoms with Gasteiger partial charge in [-0.1, -0.05) is 6.07 Å². The maximum atomic E-state index is 12.3. The van der Waals surface area contributed by atoms with Crippen molar-refractivity contribution in [3.8, 4) is 11.5 Å². The molecule has 2 aromatic carbocycles. The van der Waals surface area contributed by atoms with Crippen LogP contribution in [0.4, 0.5) is 29.3 Å². The summed E-state index contributed by atoms with van der Waals surface area (Å²) in [7, 11) is 1.53. The zero-order valence-corrected chi connectivity index (χ0v) is 15.3. The van der Waals surface area contributed by atoms with E-state index in [-0.39, 0.29) is 24.6 Å². The summed E-state index contributed by atoms with van der Waals surface area (Å²) in [5, 5.41) is 5.19. The molecular formula is C19H18F3N3O4. The summed E-state index contributed by atoms with van der Waals surface area (Å²) >= 11 is 0. The standard InChI is InChI=1S/C19H18F3N3O4/c1-28-16-4-2-3-14(10-16)25-11-13(9-17(25)26)24-18(27)23-12-5-7-15(8-6-12)29-19(20,21)22/h2-8,10,13H,9,11H2,1H3,(H2,23,24,27)/t13-/m0/s1. The van der Waals surface area contributed by atoms with Crippen LogP contribution in [0.5, 0.6) is 11.5 Å². The van der Waals surface area contributed by atoms with Gasteiger partial charge < -0.3 is 25.0 Å². The molecule has 1 aliphatic heterocycles. The number of hydrogen-bond donors (Lipinski definition) is 2. The number of alkyl halides is 3. The summed E-state index contributed by atoms with van der Waals surface area (Å²) in [4.78, 5) is 26.0. The second-order valence-electron chi connectivity index (χ2n) is 6.28. The molecule has 2 aromatic rings. The summed E-state index contributed by atoms with van der Waals surface area (Å²) in [5.74, 6) is 0.0818. The lowest BCUT2D eigenvalue weighted by Gasteiger charge is -2.18. The molecule has 154 valence electrons. The normalized spacial score (nSPS) is 16.5. The van der Waals surface area contributed by atoms with Gasteiger partial charge in [0.05, 0.1) is 13.2 Å². The number of carbonyl (C=O) groups is 2. The van der Waals surface area contributed by atoms with Gasteiger partial charge in [0.25, 0.3) is 0 Å². The molecule has 3 rings (SSSR count). The molecule has 1 atom stereocenters. The maximum Gasteiger partial charge on any atom is 0.573 e. The zero-order valence-electron chi connectivity index (χ0n) is 15.3. The molecule has 3 amide bonds. The summed E-state index contributed by atoms with van der Waals surface area (Å²) < 4.78 is 45.4. The van der Waals surface area contributed by atoms with Crippen LogP contribution >= 0.6 is 0 Å². The van der Waals surface area contributed by atoms with E-state index in [2.05, 4.69) is 15.4 Å². The molecule has 1 heterocycles. The van der Waals surface area contributed by atoms with Crippen LogP contribution in [-0.4, -0.2) is 38.0 Å². The second kappa shape index (κ2) is 8.29. The molecule has 0 bridgehead atoms. The number of urea groups is 1. The number of amides is 3. The Kier molecular flexibility index (Phi) is 5.81. The molecule has 0 aliphatic carbocycles. The van der Waals surface area contributed by atoms with Gasteiger partial charge >= 0.3 is 12.4 Å². The van der Waals surface area contributed by atoms with Crippen LogP contribution in [0.15, 0.2) is 48.5 Å². The Balaban J connectivity index is 1.55. The molecule has 0 unspecified atom stereocenters. The lowest BCUT2D eigenvalue weighted by atomic mass is 10.2. The van der Waals surface area contributed by atoms with Crippen LogP contribution < -0.4 is 25.0 Å². The van der Waals surface area contributed by atoms with Crippen LogP contribution in [0.2, 0.25) is 0 Å². The number of benzene rings is 2. The fraction of sp³-hybridized carbons (Fsp3) is 0.263. The number of ether oxygens (including phenoxy) is 2. The average molecular weight is 409 g/mol. The van der Waals surface area contributed by atoms with Crippen molar-refractivity contribution < 1.29 is 32.2 Å². The highest BCUT2D eigenvalue weighted by Crippen LogP contribution is 2.26. The predicted molar refractivity (Wildman–Crippen MR) is 99.0 cm³/mol. The first kappa shape index (κ1) is 20.3. The molecule has 7 nitrogen and oxygen atoms in total. The quantitative estimate of drug-likeness (QED) is 0.792. The van der Waals surface area contributed by atoms with Crippen molar-refractivity contribution in [2.75, 3.05) is 23.9 Å². The topological polar surface area (TPSA) is 79.9 Å². The fourth-order valence-corrected chi connectivity index (χ4v) is 2.92. The Morgan fingerprint density at radius 3 is 2.52 bits per heavy atom. The molecule has 0 saturated carbocycles. The minimum atomic E-state index is -4.78. The molecule has 29 heavy (non-hydrogen) atoms. The maximum absolute atomic E-state index is 12.3. The summed E-state index contributed by atoms with van der Waals surface area (Å²) in [6, 6.07) is 10.8. The van der Waals surface area contributed by atoms with Crippen molar-refractivity contribution in [1.29, 1.82) is 0 Å². The first-order valence-corrected chi connectivity index (χ1v) is 8.61. The lowest BCUT2D eigenvalue weighted by Crippen LogP contribution is -2.39. The van der Waals surface area contributed by atoms with Gasteiger partial charge in [0.1, 0.15) is 11.5 Å². The SMILES string of the molecule is COc1cccc(N2C[C@@H](NC(=O)Nc3ccc(OC(F)(F)F)cc3)CC2=O)c1. The molecule has 0 radical (unpaired) electrons. The van der Waals surface area contributed by atoms with Crippen molar-refractivity contribution in [1.82, 2.24) is 5.32 Å².